The van der Waals surface area contributed by atoms with Crippen molar-refractivity contribution in [3.63, 3.8) is 0 Å². The lowest BCUT2D eigenvalue weighted by atomic mass is 10.2. The molecule has 1 saturated heterocycles. The van der Waals surface area contributed by atoms with Crippen molar-refractivity contribution in [2.24, 2.45) is 0 Å². The van der Waals surface area contributed by atoms with Gasteiger partial charge in [-0.05, 0) is 42.0 Å². The van der Waals surface area contributed by atoms with Crippen LogP contribution in [0.4, 0.5) is 4.39 Å². The number of nitrogens with zero attached hydrogens (tertiary/aromatic N) is 2. The van der Waals surface area contributed by atoms with Crippen LogP contribution in [0, 0.1) is 5.82 Å². The number of piperazine rings is 1. The van der Waals surface area contributed by atoms with Gasteiger partial charge in [0.15, 0.2) is 11.5 Å². The Bertz CT molecular complexity index is 1080. The Morgan fingerprint density at radius 1 is 1.17 bits per heavy atom. The number of carbonyl (C=O) groups is 1. The van der Waals surface area contributed by atoms with E-state index in [1.54, 1.807) is 18.2 Å². The minimum atomic E-state index is -3.98. The predicted molar refractivity (Wildman–Crippen MR) is 113 cm³/mol. The van der Waals surface area contributed by atoms with Gasteiger partial charge in [-0.3, -0.25) is 4.79 Å². The van der Waals surface area contributed by atoms with Gasteiger partial charge < -0.3 is 14.7 Å². The minimum Gasteiger partial charge on any atom is -0.504 e. The zero-order valence-corrected chi connectivity index (χ0v) is 18.5. The van der Waals surface area contributed by atoms with E-state index >= 15 is 0 Å². The molecule has 7 nitrogen and oxygen atoms in total. The van der Waals surface area contributed by atoms with Gasteiger partial charge >= 0.3 is 0 Å². The molecule has 0 radical (unpaired) electrons. The summed E-state index contributed by atoms with van der Waals surface area (Å²) in [7, 11) is -2.55. The molecule has 10 heteroatoms. The maximum atomic E-state index is 14.1. The van der Waals surface area contributed by atoms with Gasteiger partial charge in [-0.15, -0.1) is 0 Å². The highest BCUT2D eigenvalue weighted by atomic mass is 79.9. The molecule has 0 bridgehead atoms. The molecule has 2 aromatic carbocycles. The van der Waals surface area contributed by atoms with Crippen molar-refractivity contribution in [1.82, 2.24) is 9.21 Å². The fourth-order valence-corrected chi connectivity index (χ4v) is 4.84. The average molecular weight is 499 g/mol. The second-order valence-electron chi connectivity index (χ2n) is 6.57. The molecule has 1 aliphatic heterocycles. The van der Waals surface area contributed by atoms with Gasteiger partial charge in [-0.1, -0.05) is 22.0 Å². The van der Waals surface area contributed by atoms with Gasteiger partial charge in [0.25, 0.3) is 0 Å². The van der Waals surface area contributed by atoms with Gasteiger partial charge in [0.2, 0.25) is 15.9 Å². The summed E-state index contributed by atoms with van der Waals surface area (Å²) in [5, 5.41) is 9.62. The monoisotopic (exact) mass is 498 g/mol. The van der Waals surface area contributed by atoms with E-state index in [1.807, 2.05) is 0 Å². The van der Waals surface area contributed by atoms with E-state index in [0.717, 1.165) is 6.07 Å². The van der Waals surface area contributed by atoms with Crippen LogP contribution in [0.5, 0.6) is 11.5 Å². The topological polar surface area (TPSA) is 87.2 Å². The summed E-state index contributed by atoms with van der Waals surface area (Å²) in [6.45, 7) is 0.536. The number of ether oxygens (including phenoxy) is 1. The zero-order chi connectivity index (χ0) is 21.9. The summed E-state index contributed by atoms with van der Waals surface area (Å²) in [4.78, 5) is 13.6. The van der Waals surface area contributed by atoms with E-state index in [-0.39, 0.29) is 42.7 Å². The first kappa shape index (κ1) is 22.3. The van der Waals surface area contributed by atoms with E-state index in [1.165, 1.54) is 40.6 Å². The van der Waals surface area contributed by atoms with Crippen LogP contribution in [0.1, 0.15) is 5.56 Å². The third-order valence-corrected chi connectivity index (χ3v) is 7.11. The SMILES string of the molecule is COc1cc(/C=C/C(=O)N2CCN(S(=O)(=O)c3ccc(Br)cc3F)CC2)ccc1O. The van der Waals surface area contributed by atoms with Gasteiger partial charge in [-0.25, -0.2) is 12.8 Å². The first-order valence-corrected chi connectivity index (χ1v) is 11.2. The Hall–Kier alpha value is -2.43. The molecule has 0 saturated carbocycles. The lowest BCUT2D eigenvalue weighted by Gasteiger charge is -2.33. The fourth-order valence-electron chi connectivity index (χ4n) is 3.04. The first-order chi connectivity index (χ1) is 14.2. The Balaban J connectivity index is 1.64. The van der Waals surface area contributed by atoms with Crippen molar-refractivity contribution in [3.05, 3.63) is 58.3 Å². The minimum absolute atomic E-state index is 0.000480. The van der Waals surface area contributed by atoms with Gasteiger partial charge in [-0.2, -0.15) is 4.31 Å². The summed E-state index contributed by atoms with van der Waals surface area (Å²) in [6.07, 6.45) is 2.97. The van der Waals surface area contributed by atoms with Crippen LogP contribution < -0.4 is 4.74 Å². The standard InChI is InChI=1S/C20H20BrFN2O5S/c1-29-18-12-14(2-5-17(18)25)3-7-20(26)23-8-10-24(11-9-23)30(27,28)19-6-4-15(21)13-16(19)22/h2-7,12-13,25H,8-11H2,1H3/b7-3+. The Kier molecular flexibility index (Phi) is 6.79. The third kappa shape index (κ3) is 4.82. The molecule has 1 N–H and O–H groups in total. The highest BCUT2D eigenvalue weighted by Crippen LogP contribution is 2.27. The smallest absolute Gasteiger partial charge is 0.246 e. The van der Waals surface area contributed by atoms with Gasteiger partial charge in [0.1, 0.15) is 10.7 Å². The number of phenols is 1. The number of hydrogen-bond donors (Lipinski definition) is 1. The highest BCUT2D eigenvalue weighted by Gasteiger charge is 2.31. The average Bonchev–Trinajstić information content (AvgIpc) is 2.72. The molecular formula is C20H20BrFN2O5S. The Morgan fingerprint density at radius 3 is 2.50 bits per heavy atom. The molecule has 0 spiro atoms. The summed E-state index contributed by atoms with van der Waals surface area (Å²) in [6, 6.07) is 8.50. The molecule has 0 atom stereocenters. The van der Waals surface area contributed by atoms with Crippen LogP contribution in [0.2, 0.25) is 0 Å². The molecule has 3 rings (SSSR count). The molecular weight excluding hydrogens is 479 g/mol. The van der Waals surface area contributed by atoms with Gasteiger partial charge in [0, 0.05) is 36.7 Å². The first-order valence-electron chi connectivity index (χ1n) is 9.01. The second-order valence-corrected chi connectivity index (χ2v) is 9.39. The Labute approximate surface area is 182 Å². The molecule has 0 aromatic heterocycles. The number of phenolic OH excluding ortho intramolecular Hbond substituents is 1. The fraction of sp³-hybridized carbons (Fsp3) is 0.250. The number of rotatable bonds is 5. The number of amides is 1. The maximum absolute atomic E-state index is 14.1. The molecule has 1 aliphatic rings. The van der Waals surface area contributed by atoms with Crippen molar-refractivity contribution in [3.8, 4) is 11.5 Å². The van der Waals surface area contributed by atoms with E-state index in [2.05, 4.69) is 15.9 Å². The van der Waals surface area contributed by atoms with E-state index < -0.39 is 15.8 Å². The number of methoxy groups -OCH3 is 1. The summed E-state index contributed by atoms with van der Waals surface area (Å²) >= 11 is 3.11. The van der Waals surface area contributed by atoms with Crippen LogP contribution >= 0.6 is 15.9 Å². The maximum Gasteiger partial charge on any atom is 0.246 e. The molecule has 30 heavy (non-hydrogen) atoms. The van der Waals surface area contributed by atoms with Crippen molar-refractivity contribution in [2.75, 3.05) is 33.3 Å². The molecule has 2 aromatic rings. The molecule has 1 heterocycles. The zero-order valence-electron chi connectivity index (χ0n) is 16.1. The number of halogens is 2. The Morgan fingerprint density at radius 2 is 1.87 bits per heavy atom. The van der Waals surface area contributed by atoms with Crippen LogP contribution in [0.25, 0.3) is 6.08 Å². The van der Waals surface area contributed by atoms with Crippen molar-refractivity contribution in [1.29, 1.82) is 0 Å². The van der Waals surface area contributed by atoms with Crippen LogP contribution in [0.15, 0.2) is 51.8 Å². The number of carbonyl (C=O) groups excluding carboxylic acids is 1. The number of benzene rings is 2. The predicted octanol–water partition coefficient (Wildman–Crippen LogP) is 2.85. The number of sulfonamides is 1. The van der Waals surface area contributed by atoms with Crippen LogP contribution in [-0.2, 0) is 14.8 Å². The van der Waals surface area contributed by atoms with Crippen LogP contribution in [0.3, 0.4) is 0 Å². The van der Waals surface area contributed by atoms with E-state index in [9.17, 15) is 22.7 Å². The van der Waals surface area contributed by atoms with Crippen molar-refractivity contribution < 1.29 is 27.4 Å². The highest BCUT2D eigenvalue weighted by molar-refractivity contribution is 9.10. The summed E-state index contributed by atoms with van der Waals surface area (Å²) < 4.78 is 46.2. The third-order valence-electron chi connectivity index (χ3n) is 4.68. The summed E-state index contributed by atoms with van der Waals surface area (Å²) in [5.74, 6) is -0.798. The van der Waals surface area contributed by atoms with Crippen molar-refractivity contribution >= 4 is 37.9 Å². The second kappa shape index (κ2) is 9.15. The quantitative estimate of drug-likeness (QED) is 0.640. The number of hydrogen-bond acceptors (Lipinski definition) is 5. The van der Waals surface area contributed by atoms with Crippen LogP contribution in [-0.4, -0.2) is 61.9 Å². The summed E-state index contributed by atoms with van der Waals surface area (Å²) in [5.41, 5.74) is 0.671. The van der Waals surface area contributed by atoms with Gasteiger partial charge in [0.05, 0.1) is 7.11 Å². The lowest BCUT2D eigenvalue weighted by molar-refractivity contribution is -0.127. The normalized spacial score (nSPS) is 15.5. The van der Waals surface area contributed by atoms with E-state index in [4.69, 9.17) is 4.74 Å². The molecule has 1 fully saturated rings. The largest absolute Gasteiger partial charge is 0.504 e. The van der Waals surface area contributed by atoms with E-state index in [0.29, 0.717) is 15.8 Å². The molecule has 0 unspecified atom stereocenters. The molecule has 0 aliphatic carbocycles. The lowest BCUT2D eigenvalue weighted by Crippen LogP contribution is -2.50. The number of aromatic hydroxyl groups is 1. The molecule has 160 valence electrons. The molecule has 1 amide bonds. The van der Waals surface area contributed by atoms with Crippen molar-refractivity contribution in [2.45, 2.75) is 4.90 Å².